The van der Waals surface area contributed by atoms with Gasteiger partial charge in [-0.3, -0.25) is 0 Å². The van der Waals surface area contributed by atoms with Crippen molar-refractivity contribution in [2.45, 2.75) is 49.9 Å². The molecule has 2 fully saturated rings. The summed E-state index contributed by atoms with van der Waals surface area (Å²) in [6.45, 7) is 4.86. The summed E-state index contributed by atoms with van der Waals surface area (Å²) in [6, 6.07) is 1.57. The second kappa shape index (κ2) is 5.55. The molecule has 2 heterocycles. The number of nitrogens with zero attached hydrogens (tertiary/aromatic N) is 1. The molecule has 0 spiro atoms. The highest BCUT2D eigenvalue weighted by Crippen LogP contribution is 2.29. The fourth-order valence-electron chi connectivity index (χ4n) is 2.86. The molecule has 2 aliphatic rings. The summed E-state index contributed by atoms with van der Waals surface area (Å²) in [5, 5.41) is 4.47. The average molecular weight is 228 g/mol. The maximum absolute atomic E-state index is 3.64. The lowest BCUT2D eigenvalue weighted by molar-refractivity contribution is 0.202. The van der Waals surface area contributed by atoms with E-state index in [2.05, 4.69) is 35.9 Å². The molecule has 3 heteroatoms. The van der Waals surface area contributed by atoms with Crippen LogP contribution >= 0.6 is 11.8 Å². The van der Waals surface area contributed by atoms with Gasteiger partial charge in [-0.1, -0.05) is 13.3 Å². The Bertz CT molecular complexity index is 192. The Hall–Kier alpha value is 0.270. The van der Waals surface area contributed by atoms with Gasteiger partial charge in [-0.15, -0.1) is 0 Å². The summed E-state index contributed by atoms with van der Waals surface area (Å²) in [5.74, 6) is 1.36. The molecule has 2 aliphatic heterocycles. The Morgan fingerprint density at radius 2 is 2.20 bits per heavy atom. The number of thioether (sulfide) groups is 1. The van der Waals surface area contributed by atoms with Crippen LogP contribution in [-0.4, -0.2) is 48.1 Å². The van der Waals surface area contributed by atoms with Crippen LogP contribution in [0.1, 0.15) is 32.6 Å². The van der Waals surface area contributed by atoms with Crippen molar-refractivity contribution >= 4 is 11.8 Å². The van der Waals surface area contributed by atoms with Crippen molar-refractivity contribution in [1.29, 1.82) is 0 Å². The number of hydrogen-bond acceptors (Lipinski definition) is 3. The lowest BCUT2D eigenvalue weighted by Gasteiger charge is -2.33. The largest absolute Gasteiger partial charge is 0.313 e. The molecule has 0 aromatic rings. The number of piperidine rings is 1. The van der Waals surface area contributed by atoms with Crippen molar-refractivity contribution in [2.24, 2.45) is 0 Å². The normalized spacial score (nSPS) is 37.4. The zero-order valence-electron chi connectivity index (χ0n) is 10.0. The van der Waals surface area contributed by atoms with E-state index in [1.54, 1.807) is 0 Å². The van der Waals surface area contributed by atoms with Crippen molar-refractivity contribution in [2.75, 3.05) is 25.9 Å². The molecule has 1 N–H and O–H groups in total. The van der Waals surface area contributed by atoms with Crippen LogP contribution in [0, 0.1) is 0 Å². The first-order valence-corrected chi connectivity index (χ1v) is 7.37. The summed E-state index contributed by atoms with van der Waals surface area (Å²) in [6.07, 6.45) is 5.55. The van der Waals surface area contributed by atoms with Crippen LogP contribution in [0.15, 0.2) is 0 Å². The predicted molar refractivity (Wildman–Crippen MR) is 68.6 cm³/mol. The van der Waals surface area contributed by atoms with E-state index in [1.807, 2.05) is 0 Å². The van der Waals surface area contributed by atoms with Crippen LogP contribution < -0.4 is 5.32 Å². The third-order valence-corrected chi connectivity index (χ3v) is 5.13. The summed E-state index contributed by atoms with van der Waals surface area (Å²) < 4.78 is 0. The van der Waals surface area contributed by atoms with Crippen LogP contribution in [-0.2, 0) is 0 Å². The quantitative estimate of drug-likeness (QED) is 0.795. The van der Waals surface area contributed by atoms with Gasteiger partial charge in [-0.05, 0) is 38.6 Å². The molecule has 15 heavy (non-hydrogen) atoms. The van der Waals surface area contributed by atoms with Gasteiger partial charge in [-0.25, -0.2) is 0 Å². The number of likely N-dealkylation sites (N-methyl/N-ethyl adjacent to an activating group) is 1. The van der Waals surface area contributed by atoms with Crippen LogP contribution in [0.3, 0.4) is 0 Å². The number of nitrogens with one attached hydrogen (secondary N) is 1. The second-order valence-corrected chi connectivity index (χ2v) is 6.50. The Kier molecular flexibility index (Phi) is 4.35. The highest BCUT2D eigenvalue weighted by Gasteiger charge is 2.28. The molecule has 2 saturated heterocycles. The zero-order valence-corrected chi connectivity index (χ0v) is 10.9. The summed E-state index contributed by atoms with van der Waals surface area (Å²) >= 11 is 2.13. The van der Waals surface area contributed by atoms with Crippen LogP contribution in [0.5, 0.6) is 0 Å². The van der Waals surface area contributed by atoms with Crippen molar-refractivity contribution in [3.05, 3.63) is 0 Å². The van der Waals surface area contributed by atoms with Gasteiger partial charge in [0.25, 0.3) is 0 Å². The van der Waals surface area contributed by atoms with Gasteiger partial charge >= 0.3 is 0 Å². The molecular formula is C12H24N2S. The van der Waals surface area contributed by atoms with Crippen LogP contribution in [0.25, 0.3) is 0 Å². The molecule has 3 unspecified atom stereocenters. The fraction of sp³-hybridized carbons (Fsp3) is 1.00. The summed E-state index contributed by atoms with van der Waals surface area (Å²) in [4.78, 5) is 2.59. The third kappa shape index (κ3) is 3.11. The van der Waals surface area contributed by atoms with Crippen molar-refractivity contribution in [3.8, 4) is 0 Å². The zero-order chi connectivity index (χ0) is 10.7. The van der Waals surface area contributed by atoms with E-state index in [1.165, 1.54) is 44.5 Å². The van der Waals surface area contributed by atoms with Crippen molar-refractivity contribution in [1.82, 2.24) is 10.2 Å². The third-order valence-electron chi connectivity index (χ3n) is 3.82. The topological polar surface area (TPSA) is 15.3 Å². The first-order chi connectivity index (χ1) is 7.27. The minimum Gasteiger partial charge on any atom is -0.313 e. The van der Waals surface area contributed by atoms with E-state index >= 15 is 0 Å². The van der Waals surface area contributed by atoms with Gasteiger partial charge in [0.05, 0.1) is 0 Å². The highest BCUT2D eigenvalue weighted by molar-refractivity contribution is 8.00. The fourth-order valence-corrected chi connectivity index (χ4v) is 4.18. The van der Waals surface area contributed by atoms with Gasteiger partial charge < -0.3 is 10.2 Å². The maximum Gasteiger partial charge on any atom is 0.0217 e. The molecule has 3 atom stereocenters. The van der Waals surface area contributed by atoms with Gasteiger partial charge in [0.1, 0.15) is 0 Å². The van der Waals surface area contributed by atoms with E-state index in [9.17, 15) is 0 Å². The Morgan fingerprint density at radius 3 is 2.80 bits per heavy atom. The molecule has 0 bridgehead atoms. The second-order valence-electron chi connectivity index (χ2n) is 5.02. The predicted octanol–water partition coefficient (Wildman–Crippen LogP) is 1.95. The molecule has 0 aromatic heterocycles. The van der Waals surface area contributed by atoms with Crippen LogP contribution in [0.4, 0.5) is 0 Å². The number of hydrogen-bond donors (Lipinski definition) is 1. The molecule has 0 saturated carbocycles. The van der Waals surface area contributed by atoms with Crippen LogP contribution in [0.2, 0.25) is 0 Å². The number of rotatable bonds is 3. The monoisotopic (exact) mass is 228 g/mol. The SMILES string of the molecule is CC1SCCC1N(C)CC1CCCCN1. The van der Waals surface area contributed by atoms with E-state index < -0.39 is 0 Å². The van der Waals surface area contributed by atoms with Gasteiger partial charge in [0.2, 0.25) is 0 Å². The molecule has 0 amide bonds. The first-order valence-electron chi connectivity index (χ1n) is 6.32. The van der Waals surface area contributed by atoms with E-state index in [-0.39, 0.29) is 0 Å². The van der Waals surface area contributed by atoms with Gasteiger partial charge in [0.15, 0.2) is 0 Å². The van der Waals surface area contributed by atoms with E-state index in [4.69, 9.17) is 0 Å². The highest BCUT2D eigenvalue weighted by atomic mass is 32.2. The first kappa shape index (κ1) is 11.7. The Balaban J connectivity index is 1.77. The van der Waals surface area contributed by atoms with Gasteiger partial charge in [0, 0.05) is 23.9 Å². The smallest absolute Gasteiger partial charge is 0.0217 e. The molecule has 0 aliphatic carbocycles. The van der Waals surface area contributed by atoms with Crippen molar-refractivity contribution in [3.63, 3.8) is 0 Å². The summed E-state index contributed by atoms with van der Waals surface area (Å²) in [7, 11) is 2.31. The molecule has 88 valence electrons. The van der Waals surface area contributed by atoms with Gasteiger partial charge in [-0.2, -0.15) is 11.8 Å². The van der Waals surface area contributed by atoms with E-state index in [0.717, 1.165) is 17.3 Å². The average Bonchev–Trinajstić information content (AvgIpc) is 2.66. The van der Waals surface area contributed by atoms with E-state index in [0.29, 0.717) is 0 Å². The molecule has 2 rings (SSSR count). The molecular weight excluding hydrogens is 204 g/mol. The lowest BCUT2D eigenvalue weighted by Crippen LogP contribution is -2.46. The Morgan fingerprint density at radius 1 is 1.33 bits per heavy atom. The van der Waals surface area contributed by atoms with Crippen molar-refractivity contribution < 1.29 is 0 Å². The summed E-state index contributed by atoms with van der Waals surface area (Å²) in [5.41, 5.74) is 0. The lowest BCUT2D eigenvalue weighted by atomic mass is 10.0. The molecule has 0 aromatic carbocycles. The maximum atomic E-state index is 3.64. The molecule has 0 radical (unpaired) electrons. The minimum atomic E-state index is 0.751. The standard InChI is InChI=1S/C12H24N2S/c1-10-12(6-8-15-10)14(2)9-11-5-3-4-7-13-11/h10-13H,3-9H2,1-2H3. The minimum absolute atomic E-state index is 0.751. The Labute approximate surface area is 98.2 Å². The molecule has 2 nitrogen and oxygen atoms in total.